The van der Waals surface area contributed by atoms with E-state index in [1.54, 1.807) is 0 Å². The van der Waals surface area contributed by atoms with Crippen molar-refractivity contribution in [2.24, 2.45) is 16.0 Å². The lowest BCUT2D eigenvalue weighted by Crippen LogP contribution is -2.11. The van der Waals surface area contributed by atoms with E-state index in [9.17, 15) is 4.79 Å². The van der Waals surface area contributed by atoms with Crippen LogP contribution in [0.25, 0.3) is 0 Å². The zero-order valence-electron chi connectivity index (χ0n) is 13.1. The summed E-state index contributed by atoms with van der Waals surface area (Å²) >= 11 is 0. The van der Waals surface area contributed by atoms with E-state index in [1.165, 1.54) is 0 Å². The smallest absolute Gasteiger partial charge is 0.224 e. The van der Waals surface area contributed by atoms with Crippen LogP contribution in [0.5, 0.6) is 0 Å². The standard InChI is InChI=1S/C18H22N4O/c19-14-6-2-5-9-18(23)20-15-10-12-17(13-11-15)22-21-16-7-3-1-4-8-16/h1,3-4,7-8,10-13H,2,5-6,9,14,19H2,(H,20,23). The van der Waals surface area contributed by atoms with Gasteiger partial charge in [0.25, 0.3) is 0 Å². The quantitative estimate of drug-likeness (QED) is 0.553. The number of nitrogens with two attached hydrogens (primary N) is 1. The van der Waals surface area contributed by atoms with Crippen molar-refractivity contribution in [3.05, 3.63) is 54.6 Å². The van der Waals surface area contributed by atoms with Crippen molar-refractivity contribution in [1.29, 1.82) is 0 Å². The molecular formula is C18H22N4O. The van der Waals surface area contributed by atoms with Gasteiger partial charge in [-0.15, -0.1) is 0 Å². The maximum absolute atomic E-state index is 11.8. The predicted octanol–water partition coefficient (Wildman–Crippen LogP) is 4.56. The average molecular weight is 310 g/mol. The van der Waals surface area contributed by atoms with Crippen LogP contribution in [0.3, 0.4) is 0 Å². The number of anilines is 1. The number of benzene rings is 2. The molecule has 0 bridgehead atoms. The van der Waals surface area contributed by atoms with Gasteiger partial charge in [0.05, 0.1) is 11.4 Å². The van der Waals surface area contributed by atoms with E-state index in [1.807, 2.05) is 54.6 Å². The van der Waals surface area contributed by atoms with Crippen molar-refractivity contribution in [3.63, 3.8) is 0 Å². The molecule has 2 aromatic carbocycles. The van der Waals surface area contributed by atoms with E-state index in [0.29, 0.717) is 13.0 Å². The third-order valence-electron chi connectivity index (χ3n) is 3.30. The van der Waals surface area contributed by atoms with Crippen LogP contribution in [0.1, 0.15) is 25.7 Å². The van der Waals surface area contributed by atoms with Gasteiger partial charge in [-0.05, 0) is 55.8 Å². The first kappa shape index (κ1) is 16.8. The fraction of sp³-hybridized carbons (Fsp3) is 0.278. The van der Waals surface area contributed by atoms with Crippen molar-refractivity contribution in [2.75, 3.05) is 11.9 Å². The first-order chi connectivity index (χ1) is 11.3. The Balaban J connectivity index is 1.82. The number of unbranched alkanes of at least 4 members (excludes halogenated alkanes) is 2. The van der Waals surface area contributed by atoms with Gasteiger partial charge < -0.3 is 11.1 Å². The van der Waals surface area contributed by atoms with Gasteiger partial charge in [-0.2, -0.15) is 10.2 Å². The highest BCUT2D eigenvalue weighted by Gasteiger charge is 2.02. The van der Waals surface area contributed by atoms with Gasteiger partial charge in [-0.25, -0.2) is 0 Å². The zero-order chi connectivity index (χ0) is 16.3. The summed E-state index contributed by atoms with van der Waals surface area (Å²) in [6.07, 6.45) is 3.35. The van der Waals surface area contributed by atoms with E-state index in [-0.39, 0.29) is 5.91 Å². The van der Waals surface area contributed by atoms with Crippen LogP contribution in [0.2, 0.25) is 0 Å². The molecule has 3 N–H and O–H groups in total. The van der Waals surface area contributed by atoms with Crippen molar-refractivity contribution in [1.82, 2.24) is 0 Å². The molecule has 5 nitrogen and oxygen atoms in total. The monoisotopic (exact) mass is 310 g/mol. The molecule has 0 aromatic heterocycles. The molecule has 5 heteroatoms. The van der Waals surface area contributed by atoms with Crippen molar-refractivity contribution >= 4 is 23.0 Å². The van der Waals surface area contributed by atoms with Gasteiger partial charge in [0, 0.05) is 12.1 Å². The second-order valence-corrected chi connectivity index (χ2v) is 5.23. The lowest BCUT2D eigenvalue weighted by Gasteiger charge is -2.05. The van der Waals surface area contributed by atoms with Crippen molar-refractivity contribution in [3.8, 4) is 0 Å². The van der Waals surface area contributed by atoms with E-state index in [2.05, 4.69) is 15.5 Å². The van der Waals surface area contributed by atoms with Crippen LogP contribution in [-0.2, 0) is 4.79 Å². The molecule has 0 atom stereocenters. The maximum atomic E-state index is 11.8. The lowest BCUT2D eigenvalue weighted by molar-refractivity contribution is -0.116. The van der Waals surface area contributed by atoms with Crippen LogP contribution >= 0.6 is 0 Å². The van der Waals surface area contributed by atoms with Crippen LogP contribution < -0.4 is 11.1 Å². The van der Waals surface area contributed by atoms with Crippen molar-refractivity contribution in [2.45, 2.75) is 25.7 Å². The van der Waals surface area contributed by atoms with E-state index < -0.39 is 0 Å². The first-order valence-electron chi connectivity index (χ1n) is 7.85. The van der Waals surface area contributed by atoms with Gasteiger partial charge in [0.2, 0.25) is 5.91 Å². The maximum Gasteiger partial charge on any atom is 0.224 e. The minimum atomic E-state index is 0.0284. The Hall–Kier alpha value is -2.53. The number of hydrogen-bond acceptors (Lipinski definition) is 4. The number of nitrogens with zero attached hydrogens (tertiary/aromatic N) is 2. The summed E-state index contributed by atoms with van der Waals surface area (Å²) in [5, 5.41) is 11.2. The third-order valence-corrected chi connectivity index (χ3v) is 3.30. The number of carbonyl (C=O) groups excluding carboxylic acids is 1. The van der Waals surface area contributed by atoms with Crippen LogP contribution in [-0.4, -0.2) is 12.5 Å². The Kier molecular flexibility index (Phi) is 6.94. The van der Waals surface area contributed by atoms with E-state index >= 15 is 0 Å². The van der Waals surface area contributed by atoms with Crippen LogP contribution in [0, 0.1) is 0 Å². The Labute approximate surface area is 136 Å². The molecule has 0 fully saturated rings. The Morgan fingerprint density at radius 3 is 2.17 bits per heavy atom. The minimum absolute atomic E-state index is 0.0284. The Morgan fingerprint density at radius 1 is 0.870 bits per heavy atom. The number of hydrogen-bond donors (Lipinski definition) is 2. The molecule has 0 aliphatic heterocycles. The van der Waals surface area contributed by atoms with E-state index in [4.69, 9.17) is 5.73 Å². The minimum Gasteiger partial charge on any atom is -0.330 e. The molecule has 2 rings (SSSR count). The topological polar surface area (TPSA) is 79.8 Å². The summed E-state index contributed by atoms with van der Waals surface area (Å²) in [6, 6.07) is 16.9. The Morgan fingerprint density at radius 2 is 1.52 bits per heavy atom. The number of amides is 1. The highest BCUT2D eigenvalue weighted by Crippen LogP contribution is 2.20. The third kappa shape index (κ3) is 6.40. The molecule has 120 valence electrons. The largest absolute Gasteiger partial charge is 0.330 e. The predicted molar refractivity (Wildman–Crippen MR) is 93.2 cm³/mol. The molecule has 0 saturated heterocycles. The van der Waals surface area contributed by atoms with Gasteiger partial charge in [0.15, 0.2) is 0 Å². The fourth-order valence-corrected chi connectivity index (χ4v) is 2.05. The van der Waals surface area contributed by atoms with Gasteiger partial charge >= 0.3 is 0 Å². The number of rotatable bonds is 8. The van der Waals surface area contributed by atoms with Gasteiger partial charge in [-0.3, -0.25) is 4.79 Å². The SMILES string of the molecule is NCCCCCC(=O)Nc1ccc(N=Nc2ccccc2)cc1. The average Bonchev–Trinajstić information content (AvgIpc) is 2.59. The summed E-state index contributed by atoms with van der Waals surface area (Å²) < 4.78 is 0. The lowest BCUT2D eigenvalue weighted by atomic mass is 10.2. The molecule has 1 amide bonds. The highest BCUT2D eigenvalue weighted by atomic mass is 16.1. The summed E-state index contributed by atoms with van der Waals surface area (Å²) in [7, 11) is 0. The molecule has 23 heavy (non-hydrogen) atoms. The second-order valence-electron chi connectivity index (χ2n) is 5.23. The summed E-state index contributed by atoms with van der Waals surface area (Å²) in [6.45, 7) is 0.681. The zero-order valence-corrected chi connectivity index (χ0v) is 13.1. The molecule has 0 heterocycles. The molecule has 0 radical (unpaired) electrons. The summed E-state index contributed by atoms with van der Waals surface area (Å²) in [5.41, 5.74) is 7.75. The molecule has 0 aliphatic carbocycles. The molecule has 2 aromatic rings. The number of nitrogens with one attached hydrogen (secondary N) is 1. The molecule has 0 saturated carbocycles. The van der Waals surface area contributed by atoms with Gasteiger partial charge in [0.1, 0.15) is 0 Å². The number of azo groups is 1. The molecule has 0 spiro atoms. The highest BCUT2D eigenvalue weighted by molar-refractivity contribution is 5.90. The Bertz CT molecular complexity index is 623. The van der Waals surface area contributed by atoms with Crippen LogP contribution in [0.4, 0.5) is 17.1 Å². The summed E-state index contributed by atoms with van der Waals surface area (Å²) in [4.78, 5) is 11.8. The molecule has 0 unspecified atom stereocenters. The van der Waals surface area contributed by atoms with Crippen molar-refractivity contribution < 1.29 is 4.79 Å². The molecule has 0 aliphatic rings. The normalized spacial score (nSPS) is 10.8. The van der Waals surface area contributed by atoms with Crippen LogP contribution in [0.15, 0.2) is 64.8 Å². The second kappa shape index (κ2) is 9.48. The first-order valence-corrected chi connectivity index (χ1v) is 7.85. The molecular weight excluding hydrogens is 288 g/mol. The fourth-order valence-electron chi connectivity index (χ4n) is 2.05. The number of carbonyl (C=O) groups is 1. The van der Waals surface area contributed by atoms with Gasteiger partial charge in [-0.1, -0.05) is 24.6 Å². The summed E-state index contributed by atoms with van der Waals surface area (Å²) in [5.74, 6) is 0.0284. The van der Waals surface area contributed by atoms with E-state index in [0.717, 1.165) is 36.3 Å².